The number of nitrogens with one attached hydrogen (secondary N) is 1. The third kappa shape index (κ3) is 3.18. The molecule has 1 amide bonds. The molecule has 14 heavy (non-hydrogen) atoms. The second-order valence-corrected chi connectivity index (χ2v) is 3.72. The number of hydrogen-bond acceptors (Lipinski definition) is 4. The zero-order valence-corrected chi connectivity index (χ0v) is 8.93. The summed E-state index contributed by atoms with van der Waals surface area (Å²) >= 11 is 1.65. The summed E-state index contributed by atoms with van der Waals surface area (Å²) in [5.74, 6) is 0. The monoisotopic (exact) mass is 212 g/mol. The fourth-order valence-electron chi connectivity index (χ4n) is 0.848. The average molecular weight is 212 g/mol. The van der Waals surface area contributed by atoms with Gasteiger partial charge in [0.15, 0.2) is 0 Å². The smallest absolute Gasteiger partial charge is 0.427 e. The van der Waals surface area contributed by atoms with Crippen molar-refractivity contribution in [1.82, 2.24) is 5.43 Å². The predicted octanol–water partition coefficient (Wildman–Crippen LogP) is 2.00. The molecule has 0 saturated carbocycles. The lowest BCUT2D eigenvalue weighted by Gasteiger charge is -1.93. The molecule has 0 fully saturated rings. The first-order chi connectivity index (χ1) is 6.76. The van der Waals surface area contributed by atoms with E-state index in [1.807, 2.05) is 12.1 Å². The number of ether oxygens (including phenoxy) is 1. The first-order valence-corrected chi connectivity index (χ1v) is 5.03. The van der Waals surface area contributed by atoms with Crippen LogP contribution in [0.5, 0.6) is 0 Å². The molecule has 1 aromatic rings. The molecule has 0 atom stereocenters. The SMILES string of the molecule is CCc1ccc(C=NNC(=O)OC)s1. The number of carbonyl (C=O) groups is 1. The highest BCUT2D eigenvalue weighted by atomic mass is 32.1. The van der Waals surface area contributed by atoms with Crippen molar-refractivity contribution in [2.75, 3.05) is 7.11 Å². The number of rotatable bonds is 3. The minimum absolute atomic E-state index is 0.562. The van der Waals surface area contributed by atoms with Gasteiger partial charge >= 0.3 is 6.09 Å². The summed E-state index contributed by atoms with van der Waals surface area (Å²) in [4.78, 5) is 12.9. The predicted molar refractivity (Wildman–Crippen MR) is 56.8 cm³/mol. The fourth-order valence-corrected chi connectivity index (χ4v) is 1.67. The molecule has 76 valence electrons. The van der Waals surface area contributed by atoms with Gasteiger partial charge < -0.3 is 4.74 Å². The van der Waals surface area contributed by atoms with Gasteiger partial charge in [0.2, 0.25) is 0 Å². The van der Waals surface area contributed by atoms with E-state index in [0.717, 1.165) is 11.3 Å². The van der Waals surface area contributed by atoms with Gasteiger partial charge in [0.25, 0.3) is 0 Å². The minimum atomic E-state index is -0.562. The van der Waals surface area contributed by atoms with Crippen LogP contribution in [0.1, 0.15) is 16.7 Å². The summed E-state index contributed by atoms with van der Waals surface area (Å²) in [6.45, 7) is 2.10. The second kappa shape index (κ2) is 5.39. The lowest BCUT2D eigenvalue weighted by atomic mass is 10.4. The molecule has 1 rings (SSSR count). The van der Waals surface area contributed by atoms with Crippen LogP contribution in [-0.4, -0.2) is 19.4 Å². The molecular weight excluding hydrogens is 200 g/mol. The maximum Gasteiger partial charge on any atom is 0.427 e. The van der Waals surface area contributed by atoms with E-state index in [-0.39, 0.29) is 0 Å². The molecule has 0 radical (unpaired) electrons. The molecule has 0 aromatic carbocycles. The van der Waals surface area contributed by atoms with E-state index in [1.54, 1.807) is 17.6 Å². The molecule has 0 spiro atoms. The van der Waals surface area contributed by atoms with Crippen molar-refractivity contribution in [3.05, 3.63) is 21.9 Å². The highest BCUT2D eigenvalue weighted by Crippen LogP contribution is 2.14. The Morgan fingerprint density at radius 2 is 2.50 bits per heavy atom. The van der Waals surface area contributed by atoms with Gasteiger partial charge in [0, 0.05) is 9.75 Å². The summed E-state index contributed by atoms with van der Waals surface area (Å²) in [6, 6.07) is 4.01. The number of amides is 1. The van der Waals surface area contributed by atoms with Gasteiger partial charge in [-0.25, -0.2) is 10.2 Å². The molecule has 0 aliphatic rings. The molecule has 0 saturated heterocycles. The number of hydrogen-bond donors (Lipinski definition) is 1. The van der Waals surface area contributed by atoms with Crippen molar-refractivity contribution in [3.63, 3.8) is 0 Å². The van der Waals surface area contributed by atoms with Crippen molar-refractivity contribution < 1.29 is 9.53 Å². The Hall–Kier alpha value is -1.36. The van der Waals surface area contributed by atoms with E-state index in [4.69, 9.17) is 0 Å². The van der Waals surface area contributed by atoms with Crippen LogP contribution in [0.15, 0.2) is 17.2 Å². The van der Waals surface area contributed by atoms with Gasteiger partial charge in [-0.3, -0.25) is 0 Å². The van der Waals surface area contributed by atoms with Crippen molar-refractivity contribution in [3.8, 4) is 0 Å². The molecule has 5 heteroatoms. The van der Waals surface area contributed by atoms with Crippen molar-refractivity contribution in [1.29, 1.82) is 0 Å². The number of methoxy groups -OCH3 is 1. The minimum Gasteiger partial charge on any atom is -0.452 e. The Kier molecular flexibility index (Phi) is 4.12. The van der Waals surface area contributed by atoms with Gasteiger partial charge in [0.1, 0.15) is 0 Å². The first-order valence-electron chi connectivity index (χ1n) is 4.22. The van der Waals surface area contributed by atoms with E-state index in [2.05, 4.69) is 22.2 Å². The lowest BCUT2D eigenvalue weighted by molar-refractivity contribution is 0.171. The summed E-state index contributed by atoms with van der Waals surface area (Å²) in [6.07, 6.45) is 2.05. The Morgan fingerprint density at radius 1 is 1.71 bits per heavy atom. The van der Waals surface area contributed by atoms with Crippen LogP contribution in [0.3, 0.4) is 0 Å². The number of hydrazone groups is 1. The number of carbonyl (C=O) groups excluding carboxylic acids is 1. The van der Waals surface area contributed by atoms with E-state index in [9.17, 15) is 4.79 Å². The zero-order chi connectivity index (χ0) is 10.4. The van der Waals surface area contributed by atoms with E-state index in [1.165, 1.54) is 12.0 Å². The topological polar surface area (TPSA) is 50.7 Å². The number of aryl methyl sites for hydroxylation is 1. The van der Waals surface area contributed by atoms with Crippen LogP contribution in [0, 0.1) is 0 Å². The van der Waals surface area contributed by atoms with Crippen molar-refractivity contribution in [2.45, 2.75) is 13.3 Å². The quantitative estimate of drug-likeness (QED) is 0.615. The highest BCUT2D eigenvalue weighted by molar-refractivity contribution is 7.13. The number of nitrogens with zero attached hydrogens (tertiary/aromatic N) is 1. The Bertz CT molecular complexity index is 333. The molecule has 0 aliphatic carbocycles. The van der Waals surface area contributed by atoms with Crippen LogP contribution in [0.2, 0.25) is 0 Å². The number of thiophene rings is 1. The fraction of sp³-hybridized carbons (Fsp3) is 0.333. The van der Waals surface area contributed by atoms with Crippen molar-refractivity contribution in [2.24, 2.45) is 5.10 Å². The van der Waals surface area contributed by atoms with Gasteiger partial charge in [-0.15, -0.1) is 11.3 Å². The molecule has 0 unspecified atom stereocenters. The standard InChI is InChI=1S/C9H12N2O2S/c1-3-7-4-5-8(14-7)6-10-11-9(12)13-2/h4-6H,3H2,1-2H3,(H,11,12). The van der Waals surface area contributed by atoms with Gasteiger partial charge in [0.05, 0.1) is 13.3 Å². The molecule has 0 aliphatic heterocycles. The third-order valence-corrected chi connectivity index (χ3v) is 2.73. The Morgan fingerprint density at radius 3 is 3.07 bits per heavy atom. The summed E-state index contributed by atoms with van der Waals surface area (Å²) in [5.41, 5.74) is 2.22. The average Bonchev–Trinajstić information content (AvgIpc) is 2.65. The normalized spacial score (nSPS) is 10.4. The van der Waals surface area contributed by atoms with Crippen molar-refractivity contribution >= 4 is 23.6 Å². The largest absolute Gasteiger partial charge is 0.452 e. The van der Waals surface area contributed by atoms with Gasteiger partial charge in [-0.2, -0.15) is 5.10 Å². The second-order valence-electron chi connectivity index (χ2n) is 2.52. The third-order valence-electron chi connectivity index (χ3n) is 1.56. The summed E-state index contributed by atoms with van der Waals surface area (Å²) < 4.78 is 4.35. The maximum absolute atomic E-state index is 10.6. The van der Waals surface area contributed by atoms with Gasteiger partial charge in [-0.1, -0.05) is 6.92 Å². The first kappa shape index (κ1) is 10.7. The van der Waals surface area contributed by atoms with E-state index >= 15 is 0 Å². The van der Waals surface area contributed by atoms with E-state index in [0.29, 0.717) is 0 Å². The molecule has 4 nitrogen and oxygen atoms in total. The van der Waals surface area contributed by atoms with Crippen LogP contribution in [0.25, 0.3) is 0 Å². The van der Waals surface area contributed by atoms with Crippen LogP contribution in [0.4, 0.5) is 4.79 Å². The van der Waals surface area contributed by atoms with Crippen LogP contribution in [-0.2, 0) is 11.2 Å². The Balaban J connectivity index is 2.47. The van der Waals surface area contributed by atoms with E-state index < -0.39 is 6.09 Å². The maximum atomic E-state index is 10.6. The van der Waals surface area contributed by atoms with Crippen LogP contribution >= 0.6 is 11.3 Å². The highest BCUT2D eigenvalue weighted by Gasteiger charge is 1.96. The summed E-state index contributed by atoms with van der Waals surface area (Å²) in [5, 5.41) is 3.72. The van der Waals surface area contributed by atoms with Crippen LogP contribution < -0.4 is 5.43 Å². The molecular formula is C9H12N2O2S. The molecule has 1 N–H and O–H groups in total. The molecule has 1 heterocycles. The molecule has 1 aromatic heterocycles. The lowest BCUT2D eigenvalue weighted by Crippen LogP contribution is -2.16. The van der Waals surface area contributed by atoms with Gasteiger partial charge in [-0.05, 0) is 18.6 Å². The summed E-state index contributed by atoms with van der Waals surface area (Å²) in [7, 11) is 1.30. The zero-order valence-electron chi connectivity index (χ0n) is 8.11. The Labute approximate surface area is 86.6 Å². The molecule has 0 bridgehead atoms.